The normalized spacial score (nSPS) is 14.0. The SMILES string of the molecule is Cn1ccnc1C(N)C(C)(C)C(=O)O. The van der Waals surface area contributed by atoms with E-state index in [9.17, 15) is 4.79 Å². The number of carboxylic acids is 1. The highest BCUT2D eigenvalue weighted by Crippen LogP contribution is 2.30. The maximum Gasteiger partial charge on any atom is 0.311 e. The van der Waals surface area contributed by atoms with Crippen LogP contribution in [0.5, 0.6) is 0 Å². The van der Waals surface area contributed by atoms with Crippen LogP contribution in [0, 0.1) is 5.41 Å². The van der Waals surface area contributed by atoms with Gasteiger partial charge >= 0.3 is 5.97 Å². The Balaban J connectivity index is 3.02. The molecule has 0 amide bonds. The number of nitrogens with two attached hydrogens (primary N) is 1. The van der Waals surface area contributed by atoms with Crippen molar-refractivity contribution in [2.45, 2.75) is 19.9 Å². The van der Waals surface area contributed by atoms with Gasteiger partial charge in [-0.05, 0) is 13.8 Å². The number of nitrogens with zero attached hydrogens (tertiary/aromatic N) is 2. The number of aliphatic carboxylic acids is 1. The summed E-state index contributed by atoms with van der Waals surface area (Å²) in [7, 11) is 1.79. The van der Waals surface area contributed by atoms with Crippen LogP contribution < -0.4 is 5.73 Å². The first-order chi connectivity index (χ1) is 6.37. The molecule has 1 unspecified atom stereocenters. The number of rotatable bonds is 3. The van der Waals surface area contributed by atoms with Crippen molar-refractivity contribution < 1.29 is 9.90 Å². The van der Waals surface area contributed by atoms with Gasteiger partial charge in [-0.15, -0.1) is 0 Å². The fourth-order valence-corrected chi connectivity index (χ4v) is 1.13. The molecule has 1 rings (SSSR count). The van der Waals surface area contributed by atoms with Gasteiger partial charge in [0.25, 0.3) is 0 Å². The summed E-state index contributed by atoms with van der Waals surface area (Å²) in [6.45, 7) is 3.18. The summed E-state index contributed by atoms with van der Waals surface area (Å²) in [5.41, 5.74) is 4.84. The lowest BCUT2D eigenvalue weighted by Crippen LogP contribution is -2.37. The van der Waals surface area contributed by atoms with Gasteiger partial charge in [-0.3, -0.25) is 4.79 Å². The van der Waals surface area contributed by atoms with E-state index in [4.69, 9.17) is 10.8 Å². The lowest BCUT2D eigenvalue weighted by Gasteiger charge is -2.26. The minimum absolute atomic E-state index is 0.581. The monoisotopic (exact) mass is 197 g/mol. The summed E-state index contributed by atoms with van der Waals surface area (Å²) in [4.78, 5) is 15.0. The van der Waals surface area contributed by atoms with Crippen LogP contribution in [0.2, 0.25) is 0 Å². The number of aryl methyl sites for hydroxylation is 1. The maximum absolute atomic E-state index is 11.0. The first-order valence-corrected chi connectivity index (χ1v) is 4.33. The summed E-state index contributed by atoms with van der Waals surface area (Å²) < 4.78 is 1.73. The number of hydrogen-bond donors (Lipinski definition) is 2. The van der Waals surface area contributed by atoms with Crippen molar-refractivity contribution in [2.75, 3.05) is 0 Å². The molecular formula is C9H15N3O2. The molecule has 0 aromatic carbocycles. The molecule has 0 saturated carbocycles. The van der Waals surface area contributed by atoms with Crippen LogP contribution in [0.4, 0.5) is 0 Å². The lowest BCUT2D eigenvalue weighted by molar-refractivity contribution is -0.148. The van der Waals surface area contributed by atoms with E-state index < -0.39 is 17.4 Å². The van der Waals surface area contributed by atoms with E-state index >= 15 is 0 Å². The third-order valence-electron chi connectivity index (χ3n) is 2.47. The van der Waals surface area contributed by atoms with Crippen LogP contribution in [0.1, 0.15) is 25.7 Å². The van der Waals surface area contributed by atoms with E-state index in [1.165, 1.54) is 0 Å². The second kappa shape index (κ2) is 3.42. The van der Waals surface area contributed by atoms with Gasteiger partial charge in [0.1, 0.15) is 5.82 Å². The van der Waals surface area contributed by atoms with Crippen molar-refractivity contribution in [3.8, 4) is 0 Å². The van der Waals surface area contributed by atoms with E-state index in [0.717, 1.165) is 0 Å². The highest BCUT2D eigenvalue weighted by atomic mass is 16.4. The minimum Gasteiger partial charge on any atom is -0.481 e. The summed E-state index contributed by atoms with van der Waals surface area (Å²) in [6.07, 6.45) is 3.35. The van der Waals surface area contributed by atoms with Gasteiger partial charge in [0, 0.05) is 19.4 Å². The molecule has 0 spiro atoms. The Bertz CT molecular complexity index is 344. The molecule has 3 N–H and O–H groups in total. The summed E-state index contributed by atoms with van der Waals surface area (Å²) in [6, 6.07) is -0.611. The van der Waals surface area contributed by atoms with Crippen LogP contribution in [-0.2, 0) is 11.8 Å². The van der Waals surface area contributed by atoms with Gasteiger partial charge in [0.15, 0.2) is 0 Å². The average Bonchev–Trinajstić information content (AvgIpc) is 2.49. The Kier molecular flexibility index (Phi) is 2.62. The molecule has 0 aliphatic heterocycles. The zero-order valence-corrected chi connectivity index (χ0v) is 8.56. The largest absolute Gasteiger partial charge is 0.481 e. The number of carboxylic acid groups (broad SMARTS) is 1. The molecule has 1 aromatic heterocycles. The first kappa shape index (κ1) is 10.7. The average molecular weight is 197 g/mol. The number of hydrogen-bond acceptors (Lipinski definition) is 3. The molecule has 5 heteroatoms. The topological polar surface area (TPSA) is 81.1 Å². The Hall–Kier alpha value is -1.36. The van der Waals surface area contributed by atoms with Gasteiger partial charge < -0.3 is 15.4 Å². The molecule has 0 aliphatic carbocycles. The standard InChI is InChI=1S/C9H15N3O2/c1-9(2,8(13)14)6(10)7-11-4-5-12(7)3/h4-6H,10H2,1-3H3,(H,13,14). The fraction of sp³-hybridized carbons (Fsp3) is 0.556. The van der Waals surface area contributed by atoms with E-state index in [1.807, 2.05) is 0 Å². The quantitative estimate of drug-likeness (QED) is 0.740. The Morgan fingerprint density at radius 3 is 2.64 bits per heavy atom. The molecule has 78 valence electrons. The zero-order chi connectivity index (χ0) is 10.9. The Morgan fingerprint density at radius 1 is 1.71 bits per heavy atom. The third kappa shape index (κ3) is 1.63. The second-order valence-corrected chi connectivity index (χ2v) is 3.90. The van der Waals surface area contributed by atoms with Gasteiger partial charge in [-0.1, -0.05) is 0 Å². The summed E-state index contributed by atoms with van der Waals surface area (Å²) in [5.74, 6) is -0.342. The van der Waals surface area contributed by atoms with E-state index in [0.29, 0.717) is 5.82 Å². The molecule has 0 aliphatic rings. The maximum atomic E-state index is 11.0. The molecule has 1 aromatic rings. The molecule has 1 atom stereocenters. The molecule has 14 heavy (non-hydrogen) atoms. The van der Waals surface area contributed by atoms with Crippen LogP contribution in [0.15, 0.2) is 12.4 Å². The Labute approximate surface area is 82.6 Å². The molecule has 1 heterocycles. The van der Waals surface area contributed by atoms with Crippen molar-refractivity contribution in [3.05, 3.63) is 18.2 Å². The van der Waals surface area contributed by atoms with Crippen molar-refractivity contribution in [1.29, 1.82) is 0 Å². The lowest BCUT2D eigenvalue weighted by atomic mass is 9.84. The molecule has 0 bridgehead atoms. The van der Waals surface area contributed by atoms with Crippen LogP contribution in [0.3, 0.4) is 0 Å². The van der Waals surface area contributed by atoms with Crippen LogP contribution in [0.25, 0.3) is 0 Å². The zero-order valence-electron chi connectivity index (χ0n) is 8.56. The van der Waals surface area contributed by atoms with Gasteiger partial charge in [-0.25, -0.2) is 4.98 Å². The van der Waals surface area contributed by atoms with Crippen molar-refractivity contribution in [1.82, 2.24) is 9.55 Å². The third-order valence-corrected chi connectivity index (χ3v) is 2.47. The minimum atomic E-state index is -1.01. The molecule has 0 radical (unpaired) electrons. The van der Waals surface area contributed by atoms with E-state index in [2.05, 4.69) is 4.98 Å². The van der Waals surface area contributed by atoms with Crippen molar-refractivity contribution >= 4 is 5.97 Å². The molecule has 5 nitrogen and oxygen atoms in total. The van der Waals surface area contributed by atoms with Crippen LogP contribution >= 0.6 is 0 Å². The van der Waals surface area contributed by atoms with Gasteiger partial charge in [-0.2, -0.15) is 0 Å². The van der Waals surface area contributed by atoms with Gasteiger partial charge in [0.2, 0.25) is 0 Å². The smallest absolute Gasteiger partial charge is 0.311 e. The van der Waals surface area contributed by atoms with Crippen molar-refractivity contribution in [2.24, 2.45) is 18.2 Å². The van der Waals surface area contributed by atoms with Crippen molar-refractivity contribution in [3.63, 3.8) is 0 Å². The fourth-order valence-electron chi connectivity index (χ4n) is 1.13. The molecular weight excluding hydrogens is 182 g/mol. The van der Waals surface area contributed by atoms with Crippen LogP contribution in [-0.4, -0.2) is 20.6 Å². The highest BCUT2D eigenvalue weighted by Gasteiger charge is 2.37. The predicted octanol–water partition coefficient (Wildman–Crippen LogP) is 0.531. The van der Waals surface area contributed by atoms with E-state index in [-0.39, 0.29) is 0 Å². The second-order valence-electron chi connectivity index (χ2n) is 3.90. The highest BCUT2D eigenvalue weighted by molar-refractivity contribution is 5.74. The summed E-state index contributed by atoms with van der Waals surface area (Å²) >= 11 is 0. The predicted molar refractivity (Wildman–Crippen MR) is 51.6 cm³/mol. The first-order valence-electron chi connectivity index (χ1n) is 4.33. The number of imidazole rings is 1. The Morgan fingerprint density at radius 2 is 2.29 bits per heavy atom. The number of aromatic nitrogens is 2. The van der Waals surface area contributed by atoms with E-state index in [1.54, 1.807) is 37.9 Å². The molecule has 0 fully saturated rings. The summed E-state index contributed by atoms with van der Waals surface area (Å²) in [5, 5.41) is 8.98. The number of carbonyl (C=O) groups is 1. The molecule has 0 saturated heterocycles. The van der Waals surface area contributed by atoms with Gasteiger partial charge in [0.05, 0.1) is 11.5 Å².